The minimum absolute atomic E-state index is 0.120. The standard InChI is InChI=1S/C18H23N3O2S2/c1-2-23-14-3-4-15-16(11-14)25-18(19-15)21-6-5-13(12-21)17(22)20-7-9-24-10-8-20/h3-4,11,13H,2,5-10,12H2,1H3. The minimum Gasteiger partial charge on any atom is -0.494 e. The van der Waals surface area contributed by atoms with Crippen LogP contribution >= 0.6 is 23.1 Å². The summed E-state index contributed by atoms with van der Waals surface area (Å²) >= 11 is 3.63. The molecule has 0 saturated carbocycles. The Labute approximate surface area is 156 Å². The molecule has 5 nitrogen and oxygen atoms in total. The number of aromatic nitrogens is 1. The maximum Gasteiger partial charge on any atom is 0.227 e. The molecule has 2 saturated heterocycles. The highest BCUT2D eigenvalue weighted by atomic mass is 32.2. The number of hydrogen-bond acceptors (Lipinski definition) is 6. The maximum absolute atomic E-state index is 12.7. The Kier molecular flexibility index (Phi) is 5.03. The summed E-state index contributed by atoms with van der Waals surface area (Å²) in [7, 11) is 0. The third-order valence-corrected chi connectivity index (χ3v) is 6.81. The van der Waals surface area contributed by atoms with Crippen LogP contribution in [0.15, 0.2) is 18.2 Å². The van der Waals surface area contributed by atoms with Crippen molar-refractivity contribution >= 4 is 44.4 Å². The Hall–Kier alpha value is -1.47. The van der Waals surface area contributed by atoms with Gasteiger partial charge in [0, 0.05) is 37.7 Å². The molecule has 7 heteroatoms. The third-order valence-electron chi connectivity index (χ3n) is 4.79. The van der Waals surface area contributed by atoms with Gasteiger partial charge in [-0.15, -0.1) is 0 Å². The average Bonchev–Trinajstić information content (AvgIpc) is 3.28. The first-order chi connectivity index (χ1) is 12.2. The molecule has 4 rings (SSSR count). The van der Waals surface area contributed by atoms with E-state index in [-0.39, 0.29) is 5.92 Å². The Bertz CT molecular complexity index is 758. The van der Waals surface area contributed by atoms with Crippen molar-refractivity contribution in [3.8, 4) is 5.75 Å². The van der Waals surface area contributed by atoms with Crippen molar-refractivity contribution in [2.24, 2.45) is 5.92 Å². The number of amides is 1. The maximum atomic E-state index is 12.7. The molecule has 2 fully saturated rings. The fourth-order valence-electron chi connectivity index (χ4n) is 3.46. The first kappa shape index (κ1) is 17.0. The fourth-order valence-corrected chi connectivity index (χ4v) is 5.39. The predicted octanol–water partition coefficient (Wildman–Crippen LogP) is 3.10. The number of thioether (sulfide) groups is 1. The molecule has 0 bridgehead atoms. The summed E-state index contributed by atoms with van der Waals surface area (Å²) in [6, 6.07) is 6.05. The number of ether oxygens (including phenoxy) is 1. The van der Waals surface area contributed by atoms with Crippen molar-refractivity contribution in [3.05, 3.63) is 18.2 Å². The van der Waals surface area contributed by atoms with Crippen LogP contribution in [0.2, 0.25) is 0 Å². The normalized spacial score (nSPS) is 21.1. The first-order valence-corrected chi connectivity index (χ1v) is 10.9. The van der Waals surface area contributed by atoms with Crippen LogP contribution in [0.5, 0.6) is 5.75 Å². The Balaban J connectivity index is 1.45. The lowest BCUT2D eigenvalue weighted by atomic mass is 10.1. The highest BCUT2D eigenvalue weighted by molar-refractivity contribution is 7.99. The van der Waals surface area contributed by atoms with Crippen molar-refractivity contribution in [2.75, 3.05) is 49.2 Å². The zero-order valence-electron chi connectivity index (χ0n) is 14.4. The molecular weight excluding hydrogens is 354 g/mol. The van der Waals surface area contributed by atoms with E-state index in [2.05, 4.69) is 15.9 Å². The number of carbonyl (C=O) groups is 1. The summed E-state index contributed by atoms with van der Waals surface area (Å²) in [5, 5.41) is 1.02. The van der Waals surface area contributed by atoms with E-state index in [4.69, 9.17) is 9.72 Å². The van der Waals surface area contributed by atoms with Crippen molar-refractivity contribution < 1.29 is 9.53 Å². The summed E-state index contributed by atoms with van der Waals surface area (Å²) in [4.78, 5) is 21.8. The quantitative estimate of drug-likeness (QED) is 0.819. The van der Waals surface area contributed by atoms with E-state index in [1.807, 2.05) is 30.8 Å². The van der Waals surface area contributed by atoms with E-state index in [1.54, 1.807) is 11.3 Å². The van der Waals surface area contributed by atoms with Crippen LogP contribution in [0.25, 0.3) is 10.2 Å². The van der Waals surface area contributed by atoms with Crippen molar-refractivity contribution in [1.82, 2.24) is 9.88 Å². The second-order valence-corrected chi connectivity index (χ2v) is 8.66. The molecule has 0 aliphatic carbocycles. The smallest absolute Gasteiger partial charge is 0.227 e. The molecule has 1 amide bonds. The predicted molar refractivity (Wildman–Crippen MR) is 105 cm³/mol. The number of nitrogens with zero attached hydrogens (tertiary/aromatic N) is 3. The van der Waals surface area contributed by atoms with Crippen LogP contribution in [-0.2, 0) is 4.79 Å². The molecule has 1 atom stereocenters. The van der Waals surface area contributed by atoms with Crippen LogP contribution in [0.4, 0.5) is 5.13 Å². The average molecular weight is 378 g/mol. The Morgan fingerprint density at radius 2 is 2.16 bits per heavy atom. The molecule has 0 spiro atoms. The van der Waals surface area contributed by atoms with E-state index in [0.717, 1.165) is 65.2 Å². The number of anilines is 1. The van der Waals surface area contributed by atoms with Gasteiger partial charge in [-0.1, -0.05) is 11.3 Å². The number of fused-ring (bicyclic) bond motifs is 1. The molecule has 25 heavy (non-hydrogen) atoms. The summed E-state index contributed by atoms with van der Waals surface area (Å²) in [5.41, 5.74) is 1.01. The van der Waals surface area contributed by atoms with Gasteiger partial charge >= 0.3 is 0 Å². The summed E-state index contributed by atoms with van der Waals surface area (Å²) in [5.74, 6) is 3.49. The molecule has 1 aromatic heterocycles. The van der Waals surface area contributed by atoms with E-state index in [9.17, 15) is 4.79 Å². The van der Waals surface area contributed by atoms with Gasteiger partial charge in [0.15, 0.2) is 5.13 Å². The number of carbonyl (C=O) groups excluding carboxylic acids is 1. The van der Waals surface area contributed by atoms with Gasteiger partial charge in [-0.25, -0.2) is 4.98 Å². The minimum atomic E-state index is 0.120. The van der Waals surface area contributed by atoms with Gasteiger partial charge in [0.05, 0.1) is 22.7 Å². The van der Waals surface area contributed by atoms with Gasteiger partial charge in [0.2, 0.25) is 5.91 Å². The van der Waals surface area contributed by atoms with E-state index >= 15 is 0 Å². The van der Waals surface area contributed by atoms with Gasteiger partial charge in [0.25, 0.3) is 0 Å². The Morgan fingerprint density at radius 1 is 1.32 bits per heavy atom. The van der Waals surface area contributed by atoms with Crippen LogP contribution < -0.4 is 9.64 Å². The lowest BCUT2D eigenvalue weighted by molar-refractivity contribution is -0.134. The SMILES string of the molecule is CCOc1ccc2nc(N3CCC(C(=O)N4CCSCC4)C3)sc2c1. The monoisotopic (exact) mass is 377 g/mol. The second-order valence-electron chi connectivity index (χ2n) is 6.43. The third kappa shape index (κ3) is 3.58. The highest BCUT2D eigenvalue weighted by Gasteiger charge is 2.33. The molecule has 0 radical (unpaired) electrons. The largest absolute Gasteiger partial charge is 0.494 e. The molecule has 1 aromatic carbocycles. The number of rotatable bonds is 4. The van der Waals surface area contributed by atoms with Crippen molar-refractivity contribution in [3.63, 3.8) is 0 Å². The van der Waals surface area contributed by atoms with Crippen LogP contribution in [0, 0.1) is 5.92 Å². The second kappa shape index (κ2) is 7.41. The fraction of sp³-hybridized carbons (Fsp3) is 0.556. The lowest BCUT2D eigenvalue weighted by Crippen LogP contribution is -2.42. The summed E-state index contributed by atoms with van der Waals surface area (Å²) in [6.07, 6.45) is 0.933. The van der Waals surface area contributed by atoms with Gasteiger partial charge in [-0.2, -0.15) is 11.8 Å². The zero-order chi connectivity index (χ0) is 17.2. The number of benzene rings is 1. The van der Waals surface area contributed by atoms with Gasteiger partial charge in [-0.3, -0.25) is 4.79 Å². The molecule has 0 N–H and O–H groups in total. The van der Waals surface area contributed by atoms with Crippen LogP contribution in [0.1, 0.15) is 13.3 Å². The molecule has 1 unspecified atom stereocenters. The van der Waals surface area contributed by atoms with Gasteiger partial charge < -0.3 is 14.5 Å². The van der Waals surface area contributed by atoms with Gasteiger partial charge in [0.1, 0.15) is 5.75 Å². The van der Waals surface area contributed by atoms with E-state index < -0.39 is 0 Å². The van der Waals surface area contributed by atoms with E-state index in [0.29, 0.717) is 12.5 Å². The molecule has 3 heterocycles. The molecule has 2 aromatic rings. The molecule has 2 aliphatic rings. The van der Waals surface area contributed by atoms with E-state index in [1.165, 1.54) is 0 Å². The Morgan fingerprint density at radius 3 is 2.96 bits per heavy atom. The zero-order valence-corrected chi connectivity index (χ0v) is 16.1. The molecular formula is C18H23N3O2S2. The lowest BCUT2D eigenvalue weighted by Gasteiger charge is -2.28. The highest BCUT2D eigenvalue weighted by Crippen LogP contribution is 2.34. The topological polar surface area (TPSA) is 45.7 Å². The number of hydrogen-bond donors (Lipinski definition) is 0. The van der Waals surface area contributed by atoms with Crippen LogP contribution in [-0.4, -0.2) is 60.1 Å². The summed E-state index contributed by atoms with van der Waals surface area (Å²) in [6.45, 7) is 6.17. The number of thiazole rings is 1. The van der Waals surface area contributed by atoms with Crippen LogP contribution in [0.3, 0.4) is 0 Å². The first-order valence-electron chi connectivity index (χ1n) is 8.89. The molecule has 134 valence electrons. The van der Waals surface area contributed by atoms with Crippen molar-refractivity contribution in [2.45, 2.75) is 13.3 Å². The van der Waals surface area contributed by atoms with Gasteiger partial charge in [-0.05, 0) is 31.5 Å². The van der Waals surface area contributed by atoms with Crippen molar-refractivity contribution in [1.29, 1.82) is 0 Å². The summed E-state index contributed by atoms with van der Waals surface area (Å²) < 4.78 is 6.72. The molecule has 2 aliphatic heterocycles.